The lowest BCUT2D eigenvalue weighted by molar-refractivity contribution is 0.311. The van der Waals surface area contributed by atoms with E-state index in [4.69, 9.17) is 5.11 Å². The third-order valence-electron chi connectivity index (χ3n) is 3.07. The van der Waals surface area contributed by atoms with E-state index in [1.165, 1.54) is 0 Å². The molecular formula is C16H25N3O. The molecule has 2 N–H and O–H groups in total. The molecule has 0 unspecified atom stereocenters. The largest absolute Gasteiger partial charge is 0.395 e. The summed E-state index contributed by atoms with van der Waals surface area (Å²) in [5.74, 6) is 0.716. The molecule has 0 aliphatic heterocycles. The van der Waals surface area contributed by atoms with Gasteiger partial charge in [-0.2, -0.15) is 5.26 Å². The van der Waals surface area contributed by atoms with Gasteiger partial charge in [-0.25, -0.2) is 4.98 Å². The Morgan fingerprint density at radius 2 is 1.80 bits per heavy atom. The fourth-order valence-corrected chi connectivity index (χ4v) is 2.07. The zero-order chi connectivity index (χ0) is 15.6. The fourth-order valence-electron chi connectivity index (χ4n) is 2.07. The second-order valence-electron chi connectivity index (χ2n) is 7.04. The standard InChI is InChI=1S/C16H25N3O/c1-15(2,3)12-9-13(18-7-8-20)19-14(11(12)10-17)16(4,5)6/h9,20H,7-8H2,1-6H3,(H,18,19). The molecule has 0 spiro atoms. The average molecular weight is 275 g/mol. The van der Waals surface area contributed by atoms with Crippen molar-refractivity contribution in [3.63, 3.8) is 0 Å². The normalized spacial score (nSPS) is 12.1. The smallest absolute Gasteiger partial charge is 0.126 e. The number of rotatable bonds is 3. The van der Waals surface area contributed by atoms with Crippen LogP contribution in [-0.4, -0.2) is 23.2 Å². The van der Waals surface area contributed by atoms with Crippen molar-refractivity contribution in [1.82, 2.24) is 4.98 Å². The summed E-state index contributed by atoms with van der Waals surface area (Å²) in [6, 6.07) is 4.24. The quantitative estimate of drug-likeness (QED) is 0.890. The molecule has 0 fully saturated rings. The van der Waals surface area contributed by atoms with Crippen LogP contribution in [0, 0.1) is 11.3 Å². The molecule has 0 bridgehead atoms. The molecule has 0 aliphatic rings. The summed E-state index contributed by atoms with van der Waals surface area (Å²) in [7, 11) is 0. The van der Waals surface area contributed by atoms with E-state index in [-0.39, 0.29) is 17.4 Å². The third-order valence-corrected chi connectivity index (χ3v) is 3.07. The molecular weight excluding hydrogens is 250 g/mol. The predicted octanol–water partition coefficient (Wildman–Crippen LogP) is 2.95. The van der Waals surface area contributed by atoms with Crippen LogP contribution < -0.4 is 5.32 Å². The molecule has 4 nitrogen and oxygen atoms in total. The highest BCUT2D eigenvalue weighted by Crippen LogP contribution is 2.34. The van der Waals surface area contributed by atoms with Crippen molar-refractivity contribution in [2.75, 3.05) is 18.5 Å². The van der Waals surface area contributed by atoms with Gasteiger partial charge in [-0.3, -0.25) is 0 Å². The number of aromatic nitrogens is 1. The zero-order valence-corrected chi connectivity index (χ0v) is 13.3. The maximum Gasteiger partial charge on any atom is 0.126 e. The monoisotopic (exact) mass is 275 g/mol. The lowest BCUT2D eigenvalue weighted by Crippen LogP contribution is -2.23. The maximum atomic E-state index is 9.54. The highest BCUT2D eigenvalue weighted by Gasteiger charge is 2.27. The summed E-state index contributed by atoms with van der Waals surface area (Å²) in [5, 5.41) is 21.6. The Labute approximate surface area is 121 Å². The van der Waals surface area contributed by atoms with Gasteiger partial charge in [-0.05, 0) is 17.0 Å². The van der Waals surface area contributed by atoms with Gasteiger partial charge < -0.3 is 10.4 Å². The van der Waals surface area contributed by atoms with Crippen LogP contribution in [0.1, 0.15) is 58.4 Å². The molecule has 1 heterocycles. The number of nitriles is 1. The van der Waals surface area contributed by atoms with Crippen LogP contribution in [0.5, 0.6) is 0 Å². The van der Waals surface area contributed by atoms with E-state index in [2.05, 4.69) is 57.9 Å². The van der Waals surface area contributed by atoms with E-state index in [1.54, 1.807) is 0 Å². The van der Waals surface area contributed by atoms with Crippen LogP contribution in [-0.2, 0) is 10.8 Å². The van der Waals surface area contributed by atoms with Crippen molar-refractivity contribution < 1.29 is 5.11 Å². The van der Waals surface area contributed by atoms with E-state index in [1.807, 2.05) is 6.07 Å². The van der Waals surface area contributed by atoms with E-state index in [9.17, 15) is 5.26 Å². The van der Waals surface area contributed by atoms with Gasteiger partial charge in [0.2, 0.25) is 0 Å². The number of hydrogen-bond acceptors (Lipinski definition) is 4. The van der Waals surface area contributed by atoms with Crippen LogP contribution in [0.4, 0.5) is 5.82 Å². The molecule has 110 valence electrons. The summed E-state index contributed by atoms with van der Waals surface area (Å²) in [6.07, 6.45) is 0. The van der Waals surface area contributed by atoms with Gasteiger partial charge in [-0.1, -0.05) is 41.5 Å². The van der Waals surface area contributed by atoms with Crippen LogP contribution in [0.3, 0.4) is 0 Å². The van der Waals surface area contributed by atoms with E-state index in [0.29, 0.717) is 17.9 Å². The van der Waals surface area contributed by atoms with Gasteiger partial charge >= 0.3 is 0 Å². The van der Waals surface area contributed by atoms with Crippen molar-refractivity contribution in [1.29, 1.82) is 5.26 Å². The van der Waals surface area contributed by atoms with Crippen molar-refractivity contribution in [3.05, 3.63) is 22.9 Å². The number of aliphatic hydroxyl groups excluding tert-OH is 1. The van der Waals surface area contributed by atoms with Gasteiger partial charge in [0.25, 0.3) is 0 Å². The molecule has 0 radical (unpaired) electrons. The van der Waals surface area contributed by atoms with Gasteiger partial charge in [0.1, 0.15) is 11.9 Å². The molecule has 0 aromatic carbocycles. The average Bonchev–Trinajstić information content (AvgIpc) is 2.32. The molecule has 0 amide bonds. The molecule has 0 aliphatic carbocycles. The van der Waals surface area contributed by atoms with Crippen LogP contribution in [0.25, 0.3) is 0 Å². The molecule has 0 saturated heterocycles. The van der Waals surface area contributed by atoms with Crippen molar-refractivity contribution in [2.45, 2.75) is 52.4 Å². The Hall–Kier alpha value is -1.60. The van der Waals surface area contributed by atoms with E-state index < -0.39 is 0 Å². The Bertz CT molecular complexity index is 481. The minimum atomic E-state index is -0.206. The minimum absolute atomic E-state index is 0.0530. The van der Waals surface area contributed by atoms with Crippen LogP contribution in [0.2, 0.25) is 0 Å². The van der Waals surface area contributed by atoms with E-state index in [0.717, 1.165) is 11.3 Å². The van der Waals surface area contributed by atoms with Crippen LogP contribution in [0.15, 0.2) is 6.07 Å². The number of hydrogen-bond donors (Lipinski definition) is 2. The molecule has 0 atom stereocenters. The Morgan fingerprint density at radius 1 is 1.20 bits per heavy atom. The predicted molar refractivity (Wildman–Crippen MR) is 81.9 cm³/mol. The molecule has 4 heteroatoms. The fraction of sp³-hybridized carbons (Fsp3) is 0.625. The number of pyridine rings is 1. The lowest BCUT2D eigenvalue weighted by Gasteiger charge is -2.27. The summed E-state index contributed by atoms with van der Waals surface area (Å²) in [5.41, 5.74) is 2.11. The Morgan fingerprint density at radius 3 is 2.20 bits per heavy atom. The summed E-state index contributed by atoms with van der Waals surface area (Å²) in [4.78, 5) is 4.58. The van der Waals surface area contributed by atoms with Crippen molar-refractivity contribution in [2.24, 2.45) is 0 Å². The van der Waals surface area contributed by atoms with Gasteiger partial charge in [-0.15, -0.1) is 0 Å². The first kappa shape index (κ1) is 16.5. The van der Waals surface area contributed by atoms with Gasteiger partial charge in [0.05, 0.1) is 17.9 Å². The summed E-state index contributed by atoms with van der Waals surface area (Å²) in [6.45, 7) is 12.9. The number of aliphatic hydroxyl groups is 1. The second-order valence-corrected chi connectivity index (χ2v) is 7.04. The molecule has 1 rings (SSSR count). The van der Waals surface area contributed by atoms with E-state index >= 15 is 0 Å². The Balaban J connectivity index is 3.54. The molecule has 0 saturated carbocycles. The summed E-state index contributed by atoms with van der Waals surface area (Å²) < 4.78 is 0. The van der Waals surface area contributed by atoms with Crippen molar-refractivity contribution >= 4 is 5.82 Å². The first-order valence-corrected chi connectivity index (χ1v) is 6.92. The zero-order valence-electron chi connectivity index (χ0n) is 13.3. The highest BCUT2D eigenvalue weighted by atomic mass is 16.3. The highest BCUT2D eigenvalue weighted by molar-refractivity contribution is 5.53. The molecule has 20 heavy (non-hydrogen) atoms. The minimum Gasteiger partial charge on any atom is -0.395 e. The Kier molecular flexibility index (Phi) is 4.77. The van der Waals surface area contributed by atoms with Crippen LogP contribution >= 0.6 is 0 Å². The maximum absolute atomic E-state index is 9.54. The summed E-state index contributed by atoms with van der Waals surface area (Å²) >= 11 is 0. The topological polar surface area (TPSA) is 68.9 Å². The number of nitrogens with one attached hydrogen (secondary N) is 1. The number of nitrogens with zero attached hydrogens (tertiary/aromatic N) is 2. The molecule has 1 aromatic heterocycles. The lowest BCUT2D eigenvalue weighted by atomic mass is 9.79. The molecule has 1 aromatic rings. The van der Waals surface area contributed by atoms with Gasteiger partial charge in [0, 0.05) is 12.0 Å². The van der Waals surface area contributed by atoms with Gasteiger partial charge in [0.15, 0.2) is 0 Å². The SMILES string of the molecule is CC(C)(C)c1cc(NCCO)nc(C(C)(C)C)c1C#N. The third kappa shape index (κ3) is 3.71. The number of anilines is 1. The first-order chi connectivity index (χ1) is 9.11. The second kappa shape index (κ2) is 5.80. The van der Waals surface area contributed by atoms with Crippen molar-refractivity contribution in [3.8, 4) is 6.07 Å². The first-order valence-electron chi connectivity index (χ1n) is 6.92.